The van der Waals surface area contributed by atoms with Crippen LogP contribution in [-0.4, -0.2) is 15.9 Å². The van der Waals surface area contributed by atoms with Gasteiger partial charge in [-0.3, -0.25) is 4.79 Å². The number of nitrogens with one attached hydrogen (secondary N) is 1. The monoisotopic (exact) mass is 269 g/mol. The molecule has 0 saturated heterocycles. The highest BCUT2D eigenvalue weighted by molar-refractivity contribution is 7.80. The van der Waals surface area contributed by atoms with Crippen molar-refractivity contribution in [2.24, 2.45) is 11.1 Å². The fourth-order valence-corrected chi connectivity index (χ4v) is 2.10. The number of nitrogens with two attached hydrogens (primary N) is 1. The van der Waals surface area contributed by atoms with Gasteiger partial charge in [-0.1, -0.05) is 26.1 Å². The van der Waals surface area contributed by atoms with Gasteiger partial charge in [-0.2, -0.15) is 0 Å². The quantitative estimate of drug-likeness (QED) is 0.804. The predicted molar refractivity (Wildman–Crippen MR) is 72.6 cm³/mol. The second kappa shape index (κ2) is 5.86. The fraction of sp³-hybridized carbons (Fsp3) is 0.417. The first-order valence-electron chi connectivity index (χ1n) is 5.69. The minimum atomic E-state index is -0.884. The molecule has 0 aliphatic rings. The molecule has 98 valence electrons. The van der Waals surface area contributed by atoms with Crippen molar-refractivity contribution in [1.29, 1.82) is 0 Å². The van der Waals surface area contributed by atoms with Gasteiger partial charge in [0.1, 0.15) is 11.6 Å². The molecule has 0 aromatic carbocycles. The normalized spacial score (nSPS) is 11.1. The lowest BCUT2D eigenvalue weighted by Gasteiger charge is -2.28. The number of hydrogen-bond donors (Lipinski definition) is 2. The number of carbonyl (C=O) groups is 1. The number of nitrogens with zero attached hydrogens (tertiary/aromatic N) is 1. The summed E-state index contributed by atoms with van der Waals surface area (Å²) in [5, 5.41) is 2.61. The maximum absolute atomic E-state index is 12.7. The van der Waals surface area contributed by atoms with E-state index in [2.05, 4.69) is 10.3 Å². The molecule has 1 heterocycles. The Labute approximate surface area is 111 Å². The highest BCUT2D eigenvalue weighted by Gasteiger charge is 2.38. The zero-order valence-electron chi connectivity index (χ0n) is 10.4. The van der Waals surface area contributed by atoms with E-state index < -0.39 is 11.2 Å². The van der Waals surface area contributed by atoms with Crippen LogP contribution in [0.3, 0.4) is 0 Å². The first kappa shape index (κ1) is 14.5. The minimum absolute atomic E-state index is 0.159. The topological polar surface area (TPSA) is 68.0 Å². The number of aromatic nitrogens is 1. The molecular formula is C12H16FN3OS. The third kappa shape index (κ3) is 2.81. The van der Waals surface area contributed by atoms with Gasteiger partial charge in [0.2, 0.25) is 5.91 Å². The van der Waals surface area contributed by atoms with Gasteiger partial charge in [-0.05, 0) is 25.0 Å². The molecule has 6 heteroatoms. The summed E-state index contributed by atoms with van der Waals surface area (Å²) in [6, 6.07) is 2.62. The molecule has 0 saturated carbocycles. The number of rotatable bonds is 5. The van der Waals surface area contributed by atoms with E-state index in [4.69, 9.17) is 18.0 Å². The van der Waals surface area contributed by atoms with Crippen molar-refractivity contribution < 1.29 is 9.18 Å². The number of carbonyl (C=O) groups excluding carboxylic acids is 1. The lowest BCUT2D eigenvalue weighted by molar-refractivity contribution is -0.122. The van der Waals surface area contributed by atoms with Crippen LogP contribution in [0.15, 0.2) is 18.3 Å². The summed E-state index contributed by atoms with van der Waals surface area (Å²) in [6.07, 6.45) is 2.05. The van der Waals surface area contributed by atoms with Gasteiger partial charge < -0.3 is 11.1 Å². The zero-order valence-corrected chi connectivity index (χ0v) is 11.2. The summed E-state index contributed by atoms with van der Waals surface area (Å²) in [5.74, 6) is -0.484. The van der Waals surface area contributed by atoms with E-state index in [0.717, 1.165) is 6.20 Å². The van der Waals surface area contributed by atoms with Crippen molar-refractivity contribution in [1.82, 2.24) is 4.98 Å². The van der Waals surface area contributed by atoms with Crippen LogP contribution in [-0.2, 0) is 4.79 Å². The molecule has 0 aliphatic carbocycles. The van der Waals surface area contributed by atoms with Gasteiger partial charge in [0.05, 0.1) is 16.6 Å². The molecule has 0 radical (unpaired) electrons. The van der Waals surface area contributed by atoms with Gasteiger partial charge >= 0.3 is 0 Å². The van der Waals surface area contributed by atoms with Gasteiger partial charge in [0.15, 0.2) is 0 Å². The average molecular weight is 269 g/mol. The zero-order chi connectivity index (χ0) is 13.8. The fourth-order valence-electron chi connectivity index (χ4n) is 1.72. The third-order valence-electron chi connectivity index (χ3n) is 3.08. The summed E-state index contributed by atoms with van der Waals surface area (Å²) >= 11 is 4.98. The van der Waals surface area contributed by atoms with Crippen LogP contribution < -0.4 is 11.1 Å². The molecule has 0 spiro atoms. The molecule has 0 fully saturated rings. The van der Waals surface area contributed by atoms with Crippen LogP contribution in [0.5, 0.6) is 0 Å². The number of hydrogen-bond acceptors (Lipinski definition) is 3. The Morgan fingerprint density at radius 3 is 2.50 bits per heavy atom. The van der Waals surface area contributed by atoms with E-state index in [-0.39, 0.29) is 16.7 Å². The molecule has 1 aromatic heterocycles. The molecule has 0 unspecified atom stereocenters. The summed E-state index contributed by atoms with van der Waals surface area (Å²) in [5.41, 5.74) is 4.78. The lowest BCUT2D eigenvalue weighted by atomic mass is 9.81. The lowest BCUT2D eigenvalue weighted by Crippen LogP contribution is -2.45. The maximum atomic E-state index is 12.7. The van der Waals surface area contributed by atoms with Crippen molar-refractivity contribution >= 4 is 28.9 Å². The number of thiocarbonyl (C=S) groups is 1. The van der Waals surface area contributed by atoms with Crippen molar-refractivity contribution in [3.63, 3.8) is 0 Å². The summed E-state index contributed by atoms with van der Waals surface area (Å²) in [4.78, 5) is 16.1. The number of pyridine rings is 1. The SMILES string of the molecule is CCC(CC)(C(=O)Nc1ccc(F)cn1)C(N)=S. The smallest absolute Gasteiger partial charge is 0.238 e. The van der Waals surface area contributed by atoms with Crippen LogP contribution in [0.1, 0.15) is 26.7 Å². The van der Waals surface area contributed by atoms with E-state index >= 15 is 0 Å². The van der Waals surface area contributed by atoms with E-state index in [1.165, 1.54) is 12.1 Å². The van der Waals surface area contributed by atoms with Crippen LogP contribution >= 0.6 is 12.2 Å². The van der Waals surface area contributed by atoms with Crippen LogP contribution in [0.25, 0.3) is 0 Å². The van der Waals surface area contributed by atoms with E-state index in [0.29, 0.717) is 12.8 Å². The van der Waals surface area contributed by atoms with Crippen LogP contribution in [0.2, 0.25) is 0 Å². The molecule has 0 bridgehead atoms. The standard InChI is InChI=1S/C12H16FN3OS/c1-3-12(4-2,10(14)18)11(17)16-9-6-5-8(13)7-15-9/h5-7H,3-4H2,1-2H3,(H2,14,18)(H,15,16,17). The molecular weight excluding hydrogens is 253 g/mol. The highest BCUT2D eigenvalue weighted by atomic mass is 32.1. The first-order chi connectivity index (χ1) is 8.46. The van der Waals surface area contributed by atoms with Crippen molar-refractivity contribution in [2.75, 3.05) is 5.32 Å². The Kier molecular flexibility index (Phi) is 4.72. The van der Waals surface area contributed by atoms with E-state index in [1.54, 1.807) is 0 Å². The predicted octanol–water partition coefficient (Wildman–Crippen LogP) is 2.25. The minimum Gasteiger partial charge on any atom is -0.392 e. The van der Waals surface area contributed by atoms with Crippen molar-refractivity contribution in [2.45, 2.75) is 26.7 Å². The van der Waals surface area contributed by atoms with Crippen LogP contribution in [0.4, 0.5) is 10.2 Å². The molecule has 18 heavy (non-hydrogen) atoms. The molecule has 1 rings (SSSR count). The Bertz CT molecular complexity index is 443. The Hall–Kier alpha value is -1.56. The van der Waals surface area contributed by atoms with Crippen molar-refractivity contribution in [3.8, 4) is 0 Å². The van der Waals surface area contributed by atoms with Gasteiger partial charge in [0, 0.05) is 0 Å². The summed E-state index contributed by atoms with van der Waals surface area (Å²) in [7, 11) is 0. The number of amides is 1. The van der Waals surface area contributed by atoms with Gasteiger partial charge in [-0.25, -0.2) is 9.37 Å². The average Bonchev–Trinajstić information content (AvgIpc) is 2.34. The first-order valence-corrected chi connectivity index (χ1v) is 6.10. The Balaban J connectivity index is 2.92. The summed E-state index contributed by atoms with van der Waals surface area (Å²) < 4.78 is 12.7. The molecule has 3 N–H and O–H groups in total. The number of anilines is 1. The molecule has 0 aliphatic heterocycles. The molecule has 0 atom stereocenters. The Morgan fingerprint density at radius 2 is 2.11 bits per heavy atom. The molecule has 4 nitrogen and oxygen atoms in total. The highest BCUT2D eigenvalue weighted by Crippen LogP contribution is 2.28. The maximum Gasteiger partial charge on any atom is 0.238 e. The van der Waals surface area contributed by atoms with E-state index in [9.17, 15) is 9.18 Å². The van der Waals surface area contributed by atoms with Gasteiger partial charge in [-0.15, -0.1) is 0 Å². The Morgan fingerprint density at radius 1 is 1.50 bits per heavy atom. The van der Waals surface area contributed by atoms with Crippen molar-refractivity contribution in [3.05, 3.63) is 24.1 Å². The molecule has 1 aromatic rings. The molecule has 1 amide bonds. The number of halogens is 1. The van der Waals surface area contributed by atoms with E-state index in [1.807, 2.05) is 13.8 Å². The second-order valence-electron chi connectivity index (χ2n) is 3.97. The van der Waals surface area contributed by atoms with Crippen LogP contribution in [0, 0.1) is 11.2 Å². The largest absolute Gasteiger partial charge is 0.392 e. The third-order valence-corrected chi connectivity index (χ3v) is 3.47. The van der Waals surface area contributed by atoms with Gasteiger partial charge in [0.25, 0.3) is 0 Å². The second-order valence-corrected chi connectivity index (χ2v) is 4.41. The summed E-state index contributed by atoms with van der Waals surface area (Å²) in [6.45, 7) is 3.70.